The minimum atomic E-state index is -4.66. The Morgan fingerprint density at radius 1 is 1.37 bits per heavy atom. The van der Waals surface area contributed by atoms with Crippen molar-refractivity contribution in [1.29, 1.82) is 0 Å². The van der Waals surface area contributed by atoms with Gasteiger partial charge in [0.05, 0.1) is 7.11 Å². The zero-order chi connectivity index (χ0) is 14.6. The fourth-order valence-electron chi connectivity index (χ4n) is 1.52. The fraction of sp³-hybridized carbons (Fsp3) is 0.500. The van der Waals surface area contributed by atoms with Gasteiger partial charge >= 0.3 is 6.18 Å². The van der Waals surface area contributed by atoms with Crippen LogP contribution >= 0.6 is 0 Å². The molecule has 108 valence electrons. The first-order chi connectivity index (χ1) is 8.75. The second-order valence-electron chi connectivity index (χ2n) is 4.11. The van der Waals surface area contributed by atoms with Gasteiger partial charge in [0.2, 0.25) is 0 Å². The van der Waals surface area contributed by atoms with E-state index in [0.29, 0.717) is 11.3 Å². The minimum absolute atomic E-state index is 0.0534. The second kappa shape index (κ2) is 6.12. The molecular weight excluding hydrogens is 263 g/mol. The molecule has 0 heterocycles. The molecule has 0 spiro atoms. The number of rotatable bonds is 5. The lowest BCUT2D eigenvalue weighted by atomic mass is 10.1. The number of aliphatic hydroxyl groups is 1. The first-order valence-electron chi connectivity index (χ1n) is 5.60. The van der Waals surface area contributed by atoms with Gasteiger partial charge in [0.15, 0.2) is 6.10 Å². The van der Waals surface area contributed by atoms with E-state index in [9.17, 15) is 18.3 Å². The number of hydrogen-bond acceptors (Lipinski definition) is 4. The van der Waals surface area contributed by atoms with Crippen LogP contribution in [0.25, 0.3) is 0 Å². The minimum Gasteiger partial charge on any atom is -0.508 e. The highest BCUT2D eigenvalue weighted by Gasteiger charge is 2.38. The number of nitrogens with one attached hydrogen (secondary N) is 1. The summed E-state index contributed by atoms with van der Waals surface area (Å²) in [4.78, 5) is 0. The van der Waals surface area contributed by atoms with Crippen molar-refractivity contribution < 1.29 is 28.1 Å². The molecule has 0 bridgehead atoms. The van der Waals surface area contributed by atoms with Gasteiger partial charge in [0.1, 0.15) is 11.5 Å². The van der Waals surface area contributed by atoms with E-state index in [1.165, 1.54) is 25.3 Å². The Bertz CT molecular complexity index is 423. The predicted octanol–water partition coefficient (Wildman–Crippen LogP) is 1.97. The Morgan fingerprint density at radius 2 is 2.00 bits per heavy atom. The molecule has 4 nitrogen and oxygen atoms in total. The van der Waals surface area contributed by atoms with E-state index in [0.717, 1.165) is 0 Å². The number of hydrogen-bond donors (Lipinski definition) is 3. The SMILES string of the molecule is COc1ccc(O)c(C(C)NCC(O)C(F)(F)F)c1. The summed E-state index contributed by atoms with van der Waals surface area (Å²) in [6.07, 6.45) is -7.11. The van der Waals surface area contributed by atoms with Crippen molar-refractivity contribution in [1.82, 2.24) is 5.32 Å². The lowest BCUT2D eigenvalue weighted by Crippen LogP contribution is -2.39. The average Bonchev–Trinajstić information content (AvgIpc) is 2.34. The highest BCUT2D eigenvalue weighted by molar-refractivity contribution is 5.41. The summed E-state index contributed by atoms with van der Waals surface area (Å²) in [5, 5.41) is 21.0. The molecule has 1 aromatic carbocycles. The number of phenolic OH excluding ortho intramolecular Hbond substituents is 1. The van der Waals surface area contributed by atoms with E-state index < -0.39 is 24.9 Å². The van der Waals surface area contributed by atoms with Crippen molar-refractivity contribution in [3.05, 3.63) is 23.8 Å². The van der Waals surface area contributed by atoms with Gasteiger partial charge in [-0.2, -0.15) is 13.2 Å². The first-order valence-corrected chi connectivity index (χ1v) is 5.60. The summed E-state index contributed by atoms with van der Waals surface area (Å²) in [6.45, 7) is 0.929. The molecule has 0 aliphatic heterocycles. The van der Waals surface area contributed by atoms with Crippen LogP contribution in [0.5, 0.6) is 11.5 Å². The summed E-state index contributed by atoms with van der Waals surface area (Å²) in [6, 6.07) is 3.89. The van der Waals surface area contributed by atoms with Gasteiger partial charge in [-0.3, -0.25) is 0 Å². The van der Waals surface area contributed by atoms with E-state index in [1.807, 2.05) is 0 Å². The summed E-state index contributed by atoms with van der Waals surface area (Å²) in [7, 11) is 1.45. The molecule has 19 heavy (non-hydrogen) atoms. The second-order valence-corrected chi connectivity index (χ2v) is 4.11. The van der Waals surface area contributed by atoms with Gasteiger partial charge in [-0.15, -0.1) is 0 Å². The van der Waals surface area contributed by atoms with E-state index in [1.54, 1.807) is 6.92 Å². The molecule has 2 atom stereocenters. The maximum absolute atomic E-state index is 12.1. The molecule has 0 radical (unpaired) electrons. The van der Waals surface area contributed by atoms with Gasteiger partial charge in [0, 0.05) is 18.2 Å². The lowest BCUT2D eigenvalue weighted by molar-refractivity contribution is -0.202. The number of aliphatic hydroxyl groups excluding tert-OH is 1. The Hall–Kier alpha value is -1.47. The van der Waals surface area contributed by atoms with Crippen LogP contribution in [0, 0.1) is 0 Å². The molecule has 3 N–H and O–H groups in total. The van der Waals surface area contributed by atoms with Crippen LogP contribution in [-0.4, -0.2) is 36.1 Å². The van der Waals surface area contributed by atoms with E-state index in [4.69, 9.17) is 9.84 Å². The number of benzene rings is 1. The van der Waals surface area contributed by atoms with Crippen molar-refractivity contribution >= 4 is 0 Å². The maximum Gasteiger partial charge on any atom is 0.415 e. The fourth-order valence-corrected chi connectivity index (χ4v) is 1.52. The lowest BCUT2D eigenvalue weighted by Gasteiger charge is -2.20. The third-order valence-electron chi connectivity index (χ3n) is 2.70. The monoisotopic (exact) mass is 279 g/mol. The molecule has 0 saturated carbocycles. The number of ether oxygens (including phenoxy) is 1. The Balaban J connectivity index is 2.70. The highest BCUT2D eigenvalue weighted by Crippen LogP contribution is 2.28. The smallest absolute Gasteiger partial charge is 0.415 e. The van der Waals surface area contributed by atoms with Gasteiger partial charge in [-0.05, 0) is 25.1 Å². The van der Waals surface area contributed by atoms with Crippen LogP contribution in [0.2, 0.25) is 0 Å². The summed E-state index contributed by atoms with van der Waals surface area (Å²) in [5.41, 5.74) is 0.397. The van der Waals surface area contributed by atoms with Crippen LogP contribution in [0.3, 0.4) is 0 Å². The zero-order valence-corrected chi connectivity index (χ0v) is 10.5. The number of alkyl halides is 3. The number of methoxy groups -OCH3 is 1. The molecule has 0 saturated heterocycles. The quantitative estimate of drug-likeness (QED) is 0.771. The summed E-state index contributed by atoms with van der Waals surface area (Å²) < 4.78 is 41.4. The third kappa shape index (κ3) is 4.29. The van der Waals surface area contributed by atoms with Gasteiger partial charge in [-0.25, -0.2) is 0 Å². The molecule has 1 rings (SSSR count). The van der Waals surface area contributed by atoms with Gasteiger partial charge < -0.3 is 20.3 Å². The molecule has 0 aliphatic carbocycles. The van der Waals surface area contributed by atoms with Crippen molar-refractivity contribution in [3.63, 3.8) is 0 Å². The van der Waals surface area contributed by atoms with Crippen molar-refractivity contribution in [2.75, 3.05) is 13.7 Å². The van der Waals surface area contributed by atoms with Crippen molar-refractivity contribution in [2.45, 2.75) is 25.2 Å². The first kappa shape index (κ1) is 15.6. The largest absolute Gasteiger partial charge is 0.508 e. The normalized spacial score (nSPS) is 15.1. The van der Waals surface area contributed by atoms with E-state index in [2.05, 4.69) is 5.32 Å². The van der Waals surface area contributed by atoms with E-state index in [-0.39, 0.29) is 5.75 Å². The van der Waals surface area contributed by atoms with Crippen LogP contribution in [0.1, 0.15) is 18.5 Å². The molecule has 7 heteroatoms. The standard InChI is InChI=1S/C12H16F3NO3/c1-7(16-6-11(18)12(13,14)15)9-5-8(19-2)3-4-10(9)17/h3-5,7,11,16-18H,6H2,1-2H3. The summed E-state index contributed by atoms with van der Waals surface area (Å²) >= 11 is 0. The molecule has 0 fully saturated rings. The Morgan fingerprint density at radius 3 is 2.53 bits per heavy atom. The summed E-state index contributed by atoms with van der Waals surface area (Å²) in [5.74, 6) is 0.431. The van der Waals surface area contributed by atoms with E-state index >= 15 is 0 Å². The average molecular weight is 279 g/mol. The highest BCUT2D eigenvalue weighted by atomic mass is 19.4. The Labute approximate surface area is 108 Å². The number of phenols is 1. The topological polar surface area (TPSA) is 61.7 Å². The Kier molecular flexibility index (Phi) is 5.02. The molecule has 2 unspecified atom stereocenters. The molecule has 0 aromatic heterocycles. The van der Waals surface area contributed by atoms with Crippen LogP contribution in [0.4, 0.5) is 13.2 Å². The maximum atomic E-state index is 12.1. The van der Waals surface area contributed by atoms with Gasteiger partial charge in [-0.1, -0.05) is 0 Å². The van der Waals surface area contributed by atoms with Gasteiger partial charge in [0.25, 0.3) is 0 Å². The number of aromatic hydroxyl groups is 1. The van der Waals surface area contributed by atoms with Crippen LogP contribution in [0.15, 0.2) is 18.2 Å². The molecule has 0 amide bonds. The number of halogens is 3. The van der Waals surface area contributed by atoms with Crippen molar-refractivity contribution in [3.8, 4) is 11.5 Å². The molecule has 1 aromatic rings. The molecular formula is C12H16F3NO3. The van der Waals surface area contributed by atoms with Crippen LogP contribution < -0.4 is 10.1 Å². The molecule has 0 aliphatic rings. The van der Waals surface area contributed by atoms with Crippen LogP contribution in [-0.2, 0) is 0 Å². The predicted molar refractivity (Wildman–Crippen MR) is 63.1 cm³/mol. The third-order valence-corrected chi connectivity index (χ3v) is 2.70. The van der Waals surface area contributed by atoms with Crippen molar-refractivity contribution in [2.24, 2.45) is 0 Å². The zero-order valence-electron chi connectivity index (χ0n) is 10.5.